The number of hydrogen-bond acceptors (Lipinski definition) is 3. The van der Waals surface area contributed by atoms with Crippen LogP contribution in [0.4, 0.5) is 0 Å². The van der Waals surface area contributed by atoms with Gasteiger partial charge in [0.1, 0.15) is 11.4 Å². The third kappa shape index (κ3) is 4.21. The number of nitrogens with zero attached hydrogens (tertiary/aromatic N) is 1. The molecule has 1 fully saturated rings. The number of carbonyl (C=O) groups excluding carboxylic acids is 1. The van der Waals surface area contributed by atoms with E-state index in [1.807, 2.05) is 37.8 Å². The number of benzene rings is 1. The van der Waals surface area contributed by atoms with Gasteiger partial charge in [-0.2, -0.15) is 0 Å². The predicted octanol–water partition coefficient (Wildman–Crippen LogP) is 2.71. The highest BCUT2D eigenvalue weighted by molar-refractivity contribution is 5.94. The fraction of sp³-hybridized carbons (Fsp3) is 0.588. The van der Waals surface area contributed by atoms with E-state index < -0.39 is 0 Å². The van der Waals surface area contributed by atoms with Gasteiger partial charge in [0.05, 0.1) is 6.10 Å². The Bertz CT molecular complexity index is 488. The first-order valence-corrected chi connectivity index (χ1v) is 7.53. The van der Waals surface area contributed by atoms with E-state index in [2.05, 4.69) is 0 Å². The molecule has 1 aromatic carbocycles. The smallest absolute Gasteiger partial charge is 0.253 e. The van der Waals surface area contributed by atoms with Gasteiger partial charge in [-0.3, -0.25) is 4.79 Å². The number of ether oxygens (including phenoxy) is 1. The number of carbonyl (C=O) groups is 1. The maximum absolute atomic E-state index is 12.4. The monoisotopic (exact) mass is 291 g/mol. The molecule has 1 amide bonds. The minimum absolute atomic E-state index is 0.0282. The Hall–Kier alpha value is -1.55. The lowest BCUT2D eigenvalue weighted by Gasteiger charge is -2.22. The van der Waals surface area contributed by atoms with Crippen molar-refractivity contribution in [3.63, 3.8) is 0 Å². The second-order valence-electron chi connectivity index (χ2n) is 6.78. The third-order valence-electron chi connectivity index (χ3n) is 3.72. The van der Waals surface area contributed by atoms with Crippen LogP contribution in [0.5, 0.6) is 5.75 Å². The summed E-state index contributed by atoms with van der Waals surface area (Å²) in [6.45, 7) is 9.12. The van der Waals surface area contributed by atoms with Crippen LogP contribution in [0.3, 0.4) is 0 Å². The van der Waals surface area contributed by atoms with Crippen LogP contribution >= 0.6 is 0 Å². The molecule has 1 saturated heterocycles. The van der Waals surface area contributed by atoms with Gasteiger partial charge in [-0.05, 0) is 58.4 Å². The van der Waals surface area contributed by atoms with Gasteiger partial charge in [0.25, 0.3) is 5.91 Å². The second kappa shape index (κ2) is 6.06. The van der Waals surface area contributed by atoms with Crippen LogP contribution in [0.2, 0.25) is 0 Å². The van der Waals surface area contributed by atoms with Gasteiger partial charge in [0, 0.05) is 24.6 Å². The van der Waals surface area contributed by atoms with Crippen LogP contribution in [0, 0.1) is 5.92 Å². The number of aliphatic hydroxyl groups is 1. The van der Waals surface area contributed by atoms with Crippen molar-refractivity contribution in [2.75, 3.05) is 13.1 Å². The van der Waals surface area contributed by atoms with E-state index in [9.17, 15) is 9.90 Å². The van der Waals surface area contributed by atoms with Crippen LogP contribution in [-0.2, 0) is 0 Å². The summed E-state index contributed by atoms with van der Waals surface area (Å²) in [5.41, 5.74) is 0.424. The molecule has 0 aromatic heterocycles. The van der Waals surface area contributed by atoms with Crippen molar-refractivity contribution in [1.82, 2.24) is 4.90 Å². The van der Waals surface area contributed by atoms with E-state index in [1.54, 1.807) is 19.1 Å². The average Bonchev–Trinajstić information content (AvgIpc) is 2.86. The number of aliphatic hydroxyl groups excluding tert-OH is 1. The minimum atomic E-state index is -0.356. The summed E-state index contributed by atoms with van der Waals surface area (Å²) in [5, 5.41) is 9.61. The SMILES string of the molecule is CC(O)C1CCN(C(=O)c2ccc(OC(C)(C)C)cc2)C1. The van der Waals surface area contributed by atoms with Gasteiger partial charge in [0.15, 0.2) is 0 Å². The zero-order valence-corrected chi connectivity index (χ0v) is 13.3. The number of hydrogen-bond donors (Lipinski definition) is 1. The summed E-state index contributed by atoms with van der Waals surface area (Å²) in [4.78, 5) is 14.2. The van der Waals surface area contributed by atoms with E-state index in [-0.39, 0.29) is 23.5 Å². The maximum atomic E-state index is 12.4. The highest BCUT2D eigenvalue weighted by Crippen LogP contribution is 2.23. The maximum Gasteiger partial charge on any atom is 0.253 e. The van der Waals surface area contributed by atoms with Crippen molar-refractivity contribution >= 4 is 5.91 Å². The van der Waals surface area contributed by atoms with E-state index in [4.69, 9.17) is 4.74 Å². The molecule has 2 atom stereocenters. The first-order valence-electron chi connectivity index (χ1n) is 7.53. The molecule has 4 nitrogen and oxygen atoms in total. The van der Waals surface area contributed by atoms with E-state index in [0.29, 0.717) is 18.7 Å². The summed E-state index contributed by atoms with van der Waals surface area (Å²) in [6, 6.07) is 7.28. The summed E-state index contributed by atoms with van der Waals surface area (Å²) < 4.78 is 5.75. The molecule has 2 rings (SSSR count). The van der Waals surface area contributed by atoms with Crippen molar-refractivity contribution in [1.29, 1.82) is 0 Å². The Balaban J connectivity index is 2.01. The highest BCUT2D eigenvalue weighted by atomic mass is 16.5. The normalized spacial score (nSPS) is 20.4. The molecular weight excluding hydrogens is 266 g/mol. The Kier molecular flexibility index (Phi) is 4.57. The molecule has 0 radical (unpaired) electrons. The number of likely N-dealkylation sites (tertiary alicyclic amines) is 1. The molecule has 21 heavy (non-hydrogen) atoms. The third-order valence-corrected chi connectivity index (χ3v) is 3.72. The molecular formula is C17H25NO3. The van der Waals surface area contributed by atoms with Gasteiger partial charge in [-0.1, -0.05) is 0 Å². The van der Waals surface area contributed by atoms with E-state index in [0.717, 1.165) is 12.2 Å². The summed E-state index contributed by atoms with van der Waals surface area (Å²) >= 11 is 0. The lowest BCUT2D eigenvalue weighted by atomic mass is 10.0. The van der Waals surface area contributed by atoms with E-state index >= 15 is 0 Å². The van der Waals surface area contributed by atoms with Gasteiger partial charge in [-0.15, -0.1) is 0 Å². The molecule has 4 heteroatoms. The van der Waals surface area contributed by atoms with Crippen molar-refractivity contribution in [2.24, 2.45) is 5.92 Å². The van der Waals surface area contributed by atoms with Crippen LogP contribution in [0.15, 0.2) is 24.3 Å². The highest BCUT2D eigenvalue weighted by Gasteiger charge is 2.29. The zero-order valence-electron chi connectivity index (χ0n) is 13.3. The molecule has 0 bridgehead atoms. The molecule has 1 aromatic rings. The van der Waals surface area contributed by atoms with Crippen molar-refractivity contribution < 1.29 is 14.6 Å². The predicted molar refractivity (Wildman–Crippen MR) is 82.5 cm³/mol. The van der Waals surface area contributed by atoms with Crippen molar-refractivity contribution in [3.8, 4) is 5.75 Å². The largest absolute Gasteiger partial charge is 0.488 e. The van der Waals surface area contributed by atoms with Crippen LogP contribution in [0.25, 0.3) is 0 Å². The average molecular weight is 291 g/mol. The Morgan fingerprint density at radius 3 is 2.43 bits per heavy atom. The molecule has 2 unspecified atom stereocenters. The Morgan fingerprint density at radius 2 is 1.95 bits per heavy atom. The van der Waals surface area contributed by atoms with Crippen LogP contribution in [-0.4, -0.2) is 40.7 Å². The van der Waals surface area contributed by atoms with Crippen molar-refractivity contribution in [2.45, 2.75) is 45.8 Å². The second-order valence-corrected chi connectivity index (χ2v) is 6.78. The molecule has 0 saturated carbocycles. The summed E-state index contributed by atoms with van der Waals surface area (Å²) in [6.07, 6.45) is 0.514. The molecule has 1 N–H and O–H groups in total. The van der Waals surface area contributed by atoms with Crippen LogP contribution in [0.1, 0.15) is 44.5 Å². The molecule has 0 spiro atoms. The van der Waals surface area contributed by atoms with Gasteiger partial charge < -0.3 is 14.7 Å². The van der Waals surface area contributed by atoms with Crippen molar-refractivity contribution in [3.05, 3.63) is 29.8 Å². The molecule has 1 heterocycles. The van der Waals surface area contributed by atoms with Gasteiger partial charge >= 0.3 is 0 Å². The molecule has 1 aliphatic heterocycles. The van der Waals surface area contributed by atoms with Gasteiger partial charge in [0.2, 0.25) is 0 Å². The van der Waals surface area contributed by atoms with E-state index in [1.165, 1.54) is 0 Å². The fourth-order valence-corrected chi connectivity index (χ4v) is 2.57. The first kappa shape index (κ1) is 15.8. The number of amides is 1. The standard InChI is InChI=1S/C17H25NO3/c1-12(19)14-9-10-18(11-14)16(20)13-5-7-15(8-6-13)21-17(2,3)4/h5-8,12,14,19H,9-11H2,1-4H3. The summed E-state index contributed by atoms with van der Waals surface area (Å²) in [7, 11) is 0. The lowest BCUT2D eigenvalue weighted by Crippen LogP contribution is -2.30. The minimum Gasteiger partial charge on any atom is -0.488 e. The summed E-state index contributed by atoms with van der Waals surface area (Å²) in [5.74, 6) is 0.986. The quantitative estimate of drug-likeness (QED) is 0.931. The number of rotatable bonds is 3. The molecule has 1 aliphatic rings. The molecule has 116 valence electrons. The lowest BCUT2D eigenvalue weighted by molar-refractivity contribution is 0.0762. The van der Waals surface area contributed by atoms with Crippen LogP contribution < -0.4 is 4.74 Å². The first-order chi connectivity index (χ1) is 9.76. The Morgan fingerprint density at radius 1 is 1.33 bits per heavy atom. The topological polar surface area (TPSA) is 49.8 Å². The fourth-order valence-electron chi connectivity index (χ4n) is 2.57. The Labute approximate surface area is 126 Å². The zero-order chi connectivity index (χ0) is 15.6. The van der Waals surface area contributed by atoms with Gasteiger partial charge in [-0.25, -0.2) is 0 Å². The molecule has 0 aliphatic carbocycles.